The lowest BCUT2D eigenvalue weighted by Crippen LogP contribution is -2.21. The summed E-state index contributed by atoms with van der Waals surface area (Å²) in [6, 6.07) is 0. The Morgan fingerprint density at radius 1 is 1.16 bits per heavy atom. The molecule has 0 bridgehead atoms. The molecule has 0 heterocycles. The van der Waals surface area contributed by atoms with Crippen LogP contribution in [0.5, 0.6) is 0 Å². The smallest absolute Gasteiger partial charge is 0.0499 e. The fourth-order valence-corrected chi connectivity index (χ4v) is 2.50. The molecule has 0 saturated heterocycles. The Bertz CT molecular complexity index is 237. The summed E-state index contributed by atoms with van der Waals surface area (Å²) in [5, 5.41) is 3.48. The molecule has 0 aromatic carbocycles. The monoisotopic (exact) mass is 267 g/mol. The molecule has 2 unspecified atom stereocenters. The maximum atomic E-state index is 5.83. The predicted octanol–water partition coefficient (Wildman–Crippen LogP) is 4.02. The van der Waals surface area contributed by atoms with Gasteiger partial charge < -0.3 is 10.1 Å². The van der Waals surface area contributed by atoms with Gasteiger partial charge in [0.05, 0.1) is 0 Å². The van der Waals surface area contributed by atoms with Crippen LogP contribution in [0.15, 0.2) is 12.2 Å². The highest BCUT2D eigenvalue weighted by molar-refractivity contribution is 4.93. The average Bonchev–Trinajstić information content (AvgIpc) is 2.38. The number of allylic oxidation sites excluding steroid dienone is 2. The zero-order valence-electron chi connectivity index (χ0n) is 13.2. The van der Waals surface area contributed by atoms with Crippen LogP contribution in [0.4, 0.5) is 0 Å². The Kier molecular flexibility index (Phi) is 9.19. The summed E-state index contributed by atoms with van der Waals surface area (Å²) in [5.74, 6) is 2.30. The van der Waals surface area contributed by atoms with Gasteiger partial charge in [0.1, 0.15) is 0 Å². The van der Waals surface area contributed by atoms with Crippen molar-refractivity contribution in [1.82, 2.24) is 5.32 Å². The Morgan fingerprint density at radius 2 is 1.95 bits per heavy atom. The van der Waals surface area contributed by atoms with Gasteiger partial charge in [0.25, 0.3) is 0 Å². The quantitative estimate of drug-likeness (QED) is 0.477. The summed E-state index contributed by atoms with van der Waals surface area (Å²) in [5.41, 5.74) is 0. The number of hydrogen-bond donors (Lipinski definition) is 1. The van der Waals surface area contributed by atoms with E-state index in [0.717, 1.165) is 44.1 Å². The number of nitrogens with one attached hydrogen (secondary N) is 1. The normalized spacial score (nSPS) is 23.2. The van der Waals surface area contributed by atoms with Gasteiger partial charge in [-0.1, -0.05) is 32.9 Å². The maximum absolute atomic E-state index is 5.83. The third-order valence-electron chi connectivity index (χ3n) is 3.94. The highest BCUT2D eigenvalue weighted by Gasteiger charge is 2.17. The molecular formula is C17H33NO. The van der Waals surface area contributed by atoms with Crippen LogP contribution < -0.4 is 5.32 Å². The number of rotatable bonds is 10. The van der Waals surface area contributed by atoms with Gasteiger partial charge in [0.2, 0.25) is 0 Å². The van der Waals surface area contributed by atoms with E-state index in [4.69, 9.17) is 4.74 Å². The fourth-order valence-electron chi connectivity index (χ4n) is 2.50. The molecule has 1 N–H and O–H groups in total. The van der Waals surface area contributed by atoms with Crippen LogP contribution in [0.3, 0.4) is 0 Å². The second-order valence-electron chi connectivity index (χ2n) is 6.41. The molecule has 0 aromatic rings. The van der Waals surface area contributed by atoms with E-state index >= 15 is 0 Å². The molecule has 1 aliphatic rings. The Morgan fingerprint density at radius 3 is 2.68 bits per heavy atom. The lowest BCUT2D eigenvalue weighted by atomic mass is 9.85. The van der Waals surface area contributed by atoms with E-state index in [1.54, 1.807) is 0 Å². The second kappa shape index (κ2) is 10.4. The average molecular weight is 267 g/mol. The molecule has 0 fully saturated rings. The molecule has 1 rings (SSSR count). The lowest BCUT2D eigenvalue weighted by molar-refractivity contribution is 0.0765. The van der Waals surface area contributed by atoms with Gasteiger partial charge in [-0.25, -0.2) is 0 Å². The number of hydrogen-bond acceptors (Lipinski definition) is 2. The fraction of sp³-hybridized carbons (Fsp3) is 0.882. The van der Waals surface area contributed by atoms with Crippen molar-refractivity contribution in [1.29, 1.82) is 0 Å². The largest absolute Gasteiger partial charge is 0.381 e. The minimum atomic E-state index is 0.748. The zero-order chi connectivity index (χ0) is 13.9. The lowest BCUT2D eigenvalue weighted by Gasteiger charge is -2.24. The Labute approximate surface area is 120 Å². The molecule has 2 atom stereocenters. The third-order valence-corrected chi connectivity index (χ3v) is 3.94. The molecule has 1 aliphatic carbocycles. The predicted molar refractivity (Wildman–Crippen MR) is 83.4 cm³/mol. The molecule has 19 heavy (non-hydrogen) atoms. The first-order valence-corrected chi connectivity index (χ1v) is 8.13. The van der Waals surface area contributed by atoms with E-state index in [-0.39, 0.29) is 0 Å². The SMILES string of the molecule is CC(C)CNCCCCCOCC1CC=CCC1C. The molecule has 0 aromatic heterocycles. The number of ether oxygens (including phenoxy) is 1. The zero-order valence-corrected chi connectivity index (χ0v) is 13.2. The van der Waals surface area contributed by atoms with E-state index in [1.165, 1.54) is 32.1 Å². The summed E-state index contributed by atoms with van der Waals surface area (Å²) in [7, 11) is 0. The molecular weight excluding hydrogens is 234 g/mol. The molecule has 0 amide bonds. The third kappa shape index (κ3) is 8.43. The minimum absolute atomic E-state index is 0.748. The van der Waals surface area contributed by atoms with Crippen LogP contribution in [-0.2, 0) is 4.74 Å². The van der Waals surface area contributed by atoms with Crippen molar-refractivity contribution in [2.75, 3.05) is 26.3 Å². The van der Waals surface area contributed by atoms with Crippen molar-refractivity contribution in [3.63, 3.8) is 0 Å². The van der Waals surface area contributed by atoms with Gasteiger partial charge in [0.15, 0.2) is 0 Å². The van der Waals surface area contributed by atoms with Crippen LogP contribution in [0.2, 0.25) is 0 Å². The van der Waals surface area contributed by atoms with Gasteiger partial charge in [-0.2, -0.15) is 0 Å². The highest BCUT2D eigenvalue weighted by Crippen LogP contribution is 2.24. The van der Waals surface area contributed by atoms with E-state index in [1.807, 2.05) is 0 Å². The summed E-state index contributed by atoms with van der Waals surface area (Å²) in [6.07, 6.45) is 10.8. The van der Waals surface area contributed by atoms with Crippen molar-refractivity contribution >= 4 is 0 Å². The van der Waals surface area contributed by atoms with Crippen molar-refractivity contribution in [3.8, 4) is 0 Å². The Hall–Kier alpha value is -0.340. The molecule has 112 valence electrons. The first kappa shape index (κ1) is 16.7. The van der Waals surface area contributed by atoms with Crippen molar-refractivity contribution in [3.05, 3.63) is 12.2 Å². The van der Waals surface area contributed by atoms with Gasteiger partial charge in [-0.15, -0.1) is 0 Å². The summed E-state index contributed by atoms with van der Waals surface area (Å²) in [4.78, 5) is 0. The molecule has 2 nitrogen and oxygen atoms in total. The second-order valence-corrected chi connectivity index (χ2v) is 6.41. The minimum Gasteiger partial charge on any atom is -0.381 e. The van der Waals surface area contributed by atoms with Gasteiger partial charge >= 0.3 is 0 Å². The molecule has 0 saturated carbocycles. The number of unbranched alkanes of at least 4 members (excludes halogenated alkanes) is 2. The first-order valence-electron chi connectivity index (χ1n) is 8.13. The molecule has 0 radical (unpaired) electrons. The summed E-state index contributed by atoms with van der Waals surface area (Å²) >= 11 is 0. The highest BCUT2D eigenvalue weighted by atomic mass is 16.5. The first-order chi connectivity index (χ1) is 9.20. The van der Waals surface area contributed by atoms with Crippen LogP contribution in [0, 0.1) is 17.8 Å². The summed E-state index contributed by atoms with van der Waals surface area (Å²) < 4.78 is 5.83. The van der Waals surface area contributed by atoms with Crippen molar-refractivity contribution in [2.24, 2.45) is 17.8 Å². The van der Waals surface area contributed by atoms with Crippen LogP contribution >= 0.6 is 0 Å². The van der Waals surface area contributed by atoms with Gasteiger partial charge in [0, 0.05) is 13.2 Å². The maximum Gasteiger partial charge on any atom is 0.0499 e. The Balaban J connectivity index is 1.84. The molecule has 0 aliphatic heterocycles. The summed E-state index contributed by atoms with van der Waals surface area (Å²) in [6.45, 7) is 11.0. The van der Waals surface area contributed by atoms with Crippen molar-refractivity contribution < 1.29 is 4.74 Å². The van der Waals surface area contributed by atoms with Gasteiger partial charge in [-0.05, 0) is 62.9 Å². The van der Waals surface area contributed by atoms with Crippen molar-refractivity contribution in [2.45, 2.75) is 52.9 Å². The van der Waals surface area contributed by atoms with E-state index in [2.05, 4.69) is 38.2 Å². The molecule has 2 heteroatoms. The van der Waals surface area contributed by atoms with E-state index in [0.29, 0.717) is 0 Å². The van der Waals surface area contributed by atoms with E-state index < -0.39 is 0 Å². The van der Waals surface area contributed by atoms with E-state index in [9.17, 15) is 0 Å². The standard InChI is InChI=1S/C17H33NO/c1-15(2)13-18-11-7-4-8-12-19-14-17-10-6-5-9-16(17)3/h5-6,15-18H,4,7-14H2,1-3H3. The topological polar surface area (TPSA) is 21.3 Å². The van der Waals surface area contributed by atoms with Crippen LogP contribution in [0.25, 0.3) is 0 Å². The van der Waals surface area contributed by atoms with Gasteiger partial charge in [-0.3, -0.25) is 0 Å². The van der Waals surface area contributed by atoms with Crippen LogP contribution in [-0.4, -0.2) is 26.3 Å². The van der Waals surface area contributed by atoms with Crippen LogP contribution in [0.1, 0.15) is 52.9 Å². The molecule has 0 spiro atoms.